The third-order valence-electron chi connectivity index (χ3n) is 5.89. The van der Waals surface area contributed by atoms with Gasteiger partial charge in [-0.3, -0.25) is 0 Å². The maximum atomic E-state index is 4.95. The first-order valence-corrected chi connectivity index (χ1v) is 8.24. The van der Waals surface area contributed by atoms with Crippen molar-refractivity contribution in [2.45, 2.75) is 50.4 Å². The van der Waals surface area contributed by atoms with Gasteiger partial charge < -0.3 is 5.32 Å². The molecule has 20 heavy (non-hydrogen) atoms. The van der Waals surface area contributed by atoms with Crippen molar-refractivity contribution >= 4 is 0 Å². The monoisotopic (exact) mass is 271 g/mol. The summed E-state index contributed by atoms with van der Waals surface area (Å²) in [5, 5.41) is 3.19. The van der Waals surface area contributed by atoms with Crippen LogP contribution in [0.15, 0.2) is 12.3 Å². The highest BCUT2D eigenvalue weighted by molar-refractivity contribution is 5.22. The van der Waals surface area contributed by atoms with E-state index in [1.807, 2.05) is 13.2 Å². The van der Waals surface area contributed by atoms with Gasteiger partial charge >= 0.3 is 0 Å². The molecule has 0 aromatic carbocycles. The number of aromatic nitrogens is 2. The molecule has 3 heteroatoms. The minimum Gasteiger partial charge on any atom is -0.319 e. The first-order chi connectivity index (χ1) is 9.77. The second kappa shape index (κ2) is 4.80. The van der Waals surface area contributed by atoms with E-state index in [1.54, 1.807) is 0 Å². The Morgan fingerprint density at radius 1 is 1.15 bits per heavy atom. The summed E-state index contributed by atoms with van der Waals surface area (Å²) in [5.41, 5.74) is 1.77. The van der Waals surface area contributed by atoms with Crippen LogP contribution in [-0.4, -0.2) is 23.6 Å². The standard InChI is InChI=1S/C17H25N3/c1-18-4-3-16-19-5-2-15(20-16)17-9-12-6-13(10-17)8-14(7-12)11-17/h2,5,12-14,18H,3-4,6-11H2,1H3. The van der Waals surface area contributed by atoms with Gasteiger partial charge in [-0.05, 0) is 69.4 Å². The van der Waals surface area contributed by atoms with E-state index in [-0.39, 0.29) is 0 Å². The molecule has 4 saturated carbocycles. The molecule has 5 rings (SSSR count). The predicted molar refractivity (Wildman–Crippen MR) is 79.5 cm³/mol. The smallest absolute Gasteiger partial charge is 0.129 e. The lowest BCUT2D eigenvalue weighted by atomic mass is 9.49. The molecule has 4 aliphatic rings. The average molecular weight is 271 g/mol. The molecule has 0 unspecified atom stereocenters. The Morgan fingerprint density at radius 3 is 2.40 bits per heavy atom. The van der Waals surface area contributed by atoms with Crippen LogP contribution in [0.2, 0.25) is 0 Å². The zero-order valence-corrected chi connectivity index (χ0v) is 12.4. The lowest BCUT2D eigenvalue weighted by Crippen LogP contribution is -2.49. The summed E-state index contributed by atoms with van der Waals surface area (Å²) in [7, 11) is 1.99. The Kier molecular flexibility index (Phi) is 3.06. The maximum Gasteiger partial charge on any atom is 0.129 e. The topological polar surface area (TPSA) is 37.8 Å². The summed E-state index contributed by atoms with van der Waals surface area (Å²) in [5.74, 6) is 3.97. The van der Waals surface area contributed by atoms with Gasteiger partial charge in [0.25, 0.3) is 0 Å². The van der Waals surface area contributed by atoms with Crippen molar-refractivity contribution in [3.8, 4) is 0 Å². The zero-order chi connectivity index (χ0) is 13.6. The summed E-state index contributed by atoms with van der Waals surface area (Å²) >= 11 is 0. The van der Waals surface area contributed by atoms with Crippen molar-refractivity contribution in [2.75, 3.05) is 13.6 Å². The van der Waals surface area contributed by atoms with Crippen LogP contribution < -0.4 is 5.32 Å². The van der Waals surface area contributed by atoms with Gasteiger partial charge in [-0.15, -0.1) is 0 Å². The van der Waals surface area contributed by atoms with Crippen LogP contribution in [0, 0.1) is 17.8 Å². The maximum absolute atomic E-state index is 4.95. The highest BCUT2D eigenvalue weighted by Gasteiger charge is 2.52. The van der Waals surface area contributed by atoms with Crippen LogP contribution in [0.25, 0.3) is 0 Å². The summed E-state index contributed by atoms with van der Waals surface area (Å²) in [4.78, 5) is 9.40. The molecular formula is C17H25N3. The summed E-state index contributed by atoms with van der Waals surface area (Å²) in [6.45, 7) is 0.963. The Hall–Kier alpha value is -0.960. The predicted octanol–water partition coefficient (Wildman–Crippen LogP) is 2.71. The Bertz CT molecular complexity index is 461. The van der Waals surface area contributed by atoms with E-state index in [4.69, 9.17) is 4.98 Å². The van der Waals surface area contributed by atoms with Gasteiger partial charge in [0.05, 0.1) is 5.69 Å². The summed E-state index contributed by atoms with van der Waals surface area (Å²) < 4.78 is 0. The third kappa shape index (κ3) is 2.07. The van der Waals surface area contributed by atoms with E-state index in [1.165, 1.54) is 44.2 Å². The molecule has 0 saturated heterocycles. The van der Waals surface area contributed by atoms with Gasteiger partial charge in [-0.1, -0.05) is 0 Å². The number of hydrogen-bond acceptors (Lipinski definition) is 3. The molecule has 1 N–H and O–H groups in total. The van der Waals surface area contributed by atoms with Gasteiger partial charge in [0.2, 0.25) is 0 Å². The van der Waals surface area contributed by atoms with Crippen molar-refractivity contribution < 1.29 is 0 Å². The largest absolute Gasteiger partial charge is 0.319 e. The zero-order valence-electron chi connectivity index (χ0n) is 12.4. The number of likely N-dealkylation sites (N-methyl/N-ethyl adjacent to an activating group) is 1. The quantitative estimate of drug-likeness (QED) is 0.915. The first-order valence-electron chi connectivity index (χ1n) is 8.24. The Labute approximate surface area is 121 Å². The van der Waals surface area contributed by atoms with E-state index in [2.05, 4.69) is 16.4 Å². The van der Waals surface area contributed by atoms with Crippen molar-refractivity contribution in [3.05, 3.63) is 23.8 Å². The van der Waals surface area contributed by atoms with Crippen molar-refractivity contribution in [3.63, 3.8) is 0 Å². The van der Waals surface area contributed by atoms with Crippen molar-refractivity contribution in [2.24, 2.45) is 17.8 Å². The molecule has 3 nitrogen and oxygen atoms in total. The molecule has 0 spiro atoms. The highest BCUT2D eigenvalue weighted by Crippen LogP contribution is 2.60. The molecule has 0 radical (unpaired) electrons. The number of rotatable bonds is 4. The molecular weight excluding hydrogens is 246 g/mol. The lowest BCUT2D eigenvalue weighted by Gasteiger charge is -2.56. The molecule has 1 heterocycles. The number of hydrogen-bond donors (Lipinski definition) is 1. The minimum atomic E-state index is 0.409. The fourth-order valence-corrected chi connectivity index (χ4v) is 5.48. The molecule has 0 aliphatic heterocycles. The highest BCUT2D eigenvalue weighted by atomic mass is 14.9. The van der Waals surface area contributed by atoms with Crippen LogP contribution in [0.3, 0.4) is 0 Å². The van der Waals surface area contributed by atoms with Crippen LogP contribution in [0.1, 0.15) is 50.0 Å². The molecule has 4 bridgehead atoms. The fraction of sp³-hybridized carbons (Fsp3) is 0.765. The third-order valence-corrected chi connectivity index (χ3v) is 5.89. The molecule has 4 aliphatic carbocycles. The van der Waals surface area contributed by atoms with Gasteiger partial charge in [-0.2, -0.15) is 0 Å². The molecule has 1 aromatic rings. The molecule has 0 atom stereocenters. The van der Waals surface area contributed by atoms with Crippen LogP contribution in [0.4, 0.5) is 0 Å². The first kappa shape index (κ1) is 12.8. The number of nitrogens with one attached hydrogen (secondary N) is 1. The molecule has 0 amide bonds. The second-order valence-corrected chi connectivity index (χ2v) is 7.41. The minimum absolute atomic E-state index is 0.409. The Balaban J connectivity index is 1.63. The van der Waals surface area contributed by atoms with Crippen molar-refractivity contribution in [1.82, 2.24) is 15.3 Å². The average Bonchev–Trinajstić information content (AvgIpc) is 2.44. The van der Waals surface area contributed by atoms with Gasteiger partial charge in [0.1, 0.15) is 5.82 Å². The van der Waals surface area contributed by atoms with Gasteiger partial charge in [0.15, 0.2) is 0 Å². The van der Waals surface area contributed by atoms with Gasteiger partial charge in [-0.25, -0.2) is 9.97 Å². The molecule has 4 fully saturated rings. The van der Waals surface area contributed by atoms with E-state index in [0.29, 0.717) is 5.41 Å². The molecule has 1 aromatic heterocycles. The normalized spacial score (nSPS) is 38.4. The van der Waals surface area contributed by atoms with Crippen LogP contribution >= 0.6 is 0 Å². The second-order valence-electron chi connectivity index (χ2n) is 7.41. The lowest BCUT2D eigenvalue weighted by molar-refractivity contribution is -0.00735. The SMILES string of the molecule is CNCCc1nccc(C23CC4CC(CC(C4)C2)C3)n1. The van der Waals surface area contributed by atoms with E-state index >= 15 is 0 Å². The van der Waals surface area contributed by atoms with Crippen molar-refractivity contribution in [1.29, 1.82) is 0 Å². The fourth-order valence-electron chi connectivity index (χ4n) is 5.48. The summed E-state index contributed by atoms with van der Waals surface area (Å²) in [6.07, 6.45) is 11.6. The van der Waals surface area contributed by atoms with E-state index in [0.717, 1.165) is 36.5 Å². The van der Waals surface area contributed by atoms with Crippen LogP contribution in [0.5, 0.6) is 0 Å². The summed E-state index contributed by atoms with van der Waals surface area (Å²) in [6, 6.07) is 2.20. The van der Waals surface area contributed by atoms with Crippen LogP contribution in [-0.2, 0) is 11.8 Å². The van der Waals surface area contributed by atoms with E-state index < -0.39 is 0 Å². The number of nitrogens with zero attached hydrogens (tertiary/aromatic N) is 2. The molecule has 108 valence electrons. The van der Waals surface area contributed by atoms with E-state index in [9.17, 15) is 0 Å². The van der Waals surface area contributed by atoms with Gasteiger partial charge in [0, 0.05) is 24.6 Å². The Morgan fingerprint density at radius 2 is 1.80 bits per heavy atom.